The van der Waals surface area contributed by atoms with E-state index in [0.29, 0.717) is 17.1 Å². The van der Waals surface area contributed by atoms with Gasteiger partial charge in [0, 0.05) is 5.69 Å². The Morgan fingerprint density at radius 1 is 0.613 bits per heavy atom. The van der Waals surface area contributed by atoms with Crippen LogP contribution in [0, 0.1) is 0 Å². The van der Waals surface area contributed by atoms with Crippen molar-refractivity contribution in [2.24, 2.45) is 0 Å². The highest BCUT2D eigenvalue weighted by atomic mass is 16.6. The van der Waals surface area contributed by atoms with Crippen molar-refractivity contribution >= 4 is 29.1 Å². The molecule has 0 bridgehead atoms. The van der Waals surface area contributed by atoms with Gasteiger partial charge >= 0.3 is 6.09 Å². The van der Waals surface area contributed by atoms with E-state index in [1.807, 2.05) is 78.9 Å². The summed E-state index contributed by atoms with van der Waals surface area (Å²) in [5.41, 5.74) is 2.24. The van der Waals surface area contributed by atoms with Crippen LogP contribution in [0.5, 0.6) is 5.75 Å². The number of nitrogens with zero attached hydrogens (tertiary/aromatic N) is 1. The molecule has 0 saturated heterocycles. The number of carbonyl (C=O) groups is 2. The third-order valence-electron chi connectivity index (χ3n) is 4.57. The van der Waals surface area contributed by atoms with Gasteiger partial charge in [0.1, 0.15) is 5.75 Å². The second kappa shape index (κ2) is 9.41. The average Bonchev–Trinajstić information content (AvgIpc) is 2.81. The van der Waals surface area contributed by atoms with E-state index in [-0.39, 0.29) is 17.2 Å². The van der Waals surface area contributed by atoms with Crippen LogP contribution in [0.25, 0.3) is 0 Å². The van der Waals surface area contributed by atoms with Gasteiger partial charge in [-0.05, 0) is 48.5 Å². The van der Waals surface area contributed by atoms with E-state index < -0.39 is 6.09 Å². The van der Waals surface area contributed by atoms with Crippen LogP contribution in [-0.4, -0.2) is 12.0 Å². The largest absolute Gasteiger partial charge is 0.424 e. The van der Waals surface area contributed by atoms with Crippen LogP contribution >= 0.6 is 0 Å². The Hall–Kier alpha value is -4.38. The zero-order valence-corrected chi connectivity index (χ0v) is 16.6. The Morgan fingerprint density at radius 2 is 1.10 bits per heavy atom. The first-order chi connectivity index (χ1) is 15.2. The van der Waals surface area contributed by atoms with Gasteiger partial charge in [-0.15, -0.1) is 0 Å². The SMILES string of the molecule is O=C(Nc1ccccc1)c1ccccc1OC(=O)N(c1ccccc1)c1ccccc1. The van der Waals surface area contributed by atoms with Gasteiger partial charge in [0.25, 0.3) is 5.91 Å². The fourth-order valence-corrected chi connectivity index (χ4v) is 3.12. The number of anilines is 3. The molecule has 0 unspecified atom stereocenters. The lowest BCUT2D eigenvalue weighted by atomic mass is 10.2. The van der Waals surface area contributed by atoms with Crippen LogP contribution < -0.4 is 15.0 Å². The summed E-state index contributed by atoms with van der Waals surface area (Å²) in [6.07, 6.45) is -0.614. The molecule has 5 heteroatoms. The number of rotatable bonds is 5. The lowest BCUT2D eigenvalue weighted by Crippen LogP contribution is -2.29. The minimum absolute atomic E-state index is 0.179. The molecule has 0 saturated carbocycles. The summed E-state index contributed by atoms with van der Waals surface area (Å²) >= 11 is 0. The number of hydrogen-bond donors (Lipinski definition) is 1. The van der Waals surface area contributed by atoms with Gasteiger partial charge in [0.2, 0.25) is 0 Å². The zero-order valence-electron chi connectivity index (χ0n) is 16.6. The summed E-state index contributed by atoms with van der Waals surface area (Å²) in [6, 6.07) is 34.2. The molecular weight excluding hydrogens is 388 g/mol. The number of amides is 2. The van der Waals surface area contributed by atoms with Crippen LogP contribution in [0.4, 0.5) is 21.9 Å². The fourth-order valence-electron chi connectivity index (χ4n) is 3.12. The van der Waals surface area contributed by atoms with Crippen molar-refractivity contribution in [1.82, 2.24) is 0 Å². The van der Waals surface area contributed by atoms with Crippen molar-refractivity contribution in [1.29, 1.82) is 0 Å². The highest BCUT2D eigenvalue weighted by Crippen LogP contribution is 2.28. The fraction of sp³-hybridized carbons (Fsp3) is 0. The van der Waals surface area contributed by atoms with E-state index in [9.17, 15) is 9.59 Å². The third-order valence-corrected chi connectivity index (χ3v) is 4.57. The summed E-state index contributed by atoms with van der Waals surface area (Å²) in [4.78, 5) is 27.5. The van der Waals surface area contributed by atoms with E-state index in [2.05, 4.69) is 5.32 Å². The number of carbonyl (C=O) groups excluding carboxylic acids is 2. The van der Waals surface area contributed by atoms with Gasteiger partial charge in [0.05, 0.1) is 16.9 Å². The maximum Gasteiger partial charge on any atom is 0.424 e. The molecular formula is C26H20N2O3. The van der Waals surface area contributed by atoms with Crippen LogP contribution in [0.1, 0.15) is 10.4 Å². The summed E-state index contributed by atoms with van der Waals surface area (Å²) in [7, 11) is 0. The molecule has 31 heavy (non-hydrogen) atoms. The van der Waals surface area contributed by atoms with Crippen molar-refractivity contribution in [3.63, 3.8) is 0 Å². The minimum atomic E-state index is -0.614. The maximum absolute atomic E-state index is 13.2. The summed E-state index contributed by atoms with van der Waals surface area (Å²) in [5, 5.41) is 2.82. The molecule has 0 spiro atoms. The second-order valence-corrected chi connectivity index (χ2v) is 6.69. The lowest BCUT2D eigenvalue weighted by Gasteiger charge is -2.22. The molecule has 152 valence electrons. The molecule has 1 N–H and O–H groups in total. The molecule has 4 aromatic rings. The van der Waals surface area contributed by atoms with Gasteiger partial charge in [-0.25, -0.2) is 9.69 Å². The maximum atomic E-state index is 13.2. The van der Waals surface area contributed by atoms with E-state index in [4.69, 9.17) is 4.74 Å². The van der Waals surface area contributed by atoms with Crippen molar-refractivity contribution in [2.45, 2.75) is 0 Å². The van der Waals surface area contributed by atoms with E-state index in [0.717, 1.165) is 0 Å². The van der Waals surface area contributed by atoms with E-state index >= 15 is 0 Å². The smallest absolute Gasteiger partial charge is 0.409 e. The molecule has 0 aliphatic rings. The average molecular weight is 408 g/mol. The summed E-state index contributed by atoms with van der Waals surface area (Å²) in [5.74, 6) is -0.182. The van der Waals surface area contributed by atoms with E-state index in [1.165, 1.54) is 4.90 Å². The minimum Gasteiger partial charge on any atom is -0.409 e. The Kier molecular flexibility index (Phi) is 6.05. The molecule has 0 heterocycles. The van der Waals surface area contributed by atoms with Crippen LogP contribution in [0.2, 0.25) is 0 Å². The highest BCUT2D eigenvalue weighted by molar-refractivity contribution is 6.07. The van der Waals surface area contributed by atoms with Crippen LogP contribution in [-0.2, 0) is 0 Å². The number of nitrogens with one attached hydrogen (secondary N) is 1. The molecule has 0 radical (unpaired) electrons. The van der Waals surface area contributed by atoms with Gasteiger partial charge in [-0.1, -0.05) is 66.7 Å². The van der Waals surface area contributed by atoms with Gasteiger partial charge in [-0.2, -0.15) is 0 Å². The van der Waals surface area contributed by atoms with Crippen molar-refractivity contribution in [3.8, 4) is 5.75 Å². The highest BCUT2D eigenvalue weighted by Gasteiger charge is 2.22. The molecule has 5 nitrogen and oxygen atoms in total. The number of hydrogen-bond acceptors (Lipinski definition) is 3. The predicted molar refractivity (Wildman–Crippen MR) is 122 cm³/mol. The number of benzene rings is 4. The summed E-state index contributed by atoms with van der Waals surface area (Å²) < 4.78 is 5.70. The van der Waals surface area contributed by atoms with Gasteiger partial charge in [-0.3, -0.25) is 4.79 Å². The van der Waals surface area contributed by atoms with E-state index in [1.54, 1.807) is 36.4 Å². The first kappa shape index (κ1) is 19.9. The lowest BCUT2D eigenvalue weighted by molar-refractivity contribution is 0.102. The van der Waals surface area contributed by atoms with Crippen molar-refractivity contribution in [2.75, 3.05) is 10.2 Å². The summed E-state index contributed by atoms with van der Waals surface area (Å²) in [6.45, 7) is 0. The number of ether oxygens (including phenoxy) is 1. The Morgan fingerprint density at radius 3 is 1.68 bits per heavy atom. The molecule has 0 fully saturated rings. The first-order valence-corrected chi connectivity index (χ1v) is 9.80. The van der Waals surface area contributed by atoms with Crippen molar-refractivity contribution < 1.29 is 14.3 Å². The standard InChI is InChI=1S/C26H20N2O3/c29-25(27-20-12-4-1-5-13-20)23-18-10-11-19-24(23)31-26(30)28(21-14-6-2-7-15-21)22-16-8-3-9-17-22/h1-19H,(H,27,29). The predicted octanol–water partition coefficient (Wildman–Crippen LogP) is 6.28. The monoisotopic (exact) mass is 408 g/mol. The van der Waals surface area contributed by atoms with Gasteiger partial charge in [0.15, 0.2) is 0 Å². The molecule has 0 aromatic heterocycles. The second-order valence-electron chi connectivity index (χ2n) is 6.69. The Labute approximate surface area is 180 Å². The Bertz CT molecular complexity index is 1120. The zero-order chi connectivity index (χ0) is 21.5. The molecule has 0 atom stereocenters. The molecule has 4 rings (SSSR count). The first-order valence-electron chi connectivity index (χ1n) is 9.80. The molecule has 0 aliphatic carbocycles. The molecule has 4 aromatic carbocycles. The molecule has 2 amide bonds. The third kappa shape index (κ3) is 4.79. The van der Waals surface area contributed by atoms with Crippen molar-refractivity contribution in [3.05, 3.63) is 121 Å². The van der Waals surface area contributed by atoms with Crippen LogP contribution in [0.15, 0.2) is 115 Å². The number of para-hydroxylation sites is 4. The van der Waals surface area contributed by atoms with Gasteiger partial charge < -0.3 is 10.1 Å². The molecule has 0 aliphatic heterocycles. The van der Waals surface area contributed by atoms with Crippen LogP contribution in [0.3, 0.4) is 0 Å². The Balaban J connectivity index is 1.62. The normalized spacial score (nSPS) is 10.2. The topological polar surface area (TPSA) is 58.6 Å². The quantitative estimate of drug-likeness (QED) is 0.423.